The van der Waals surface area contributed by atoms with E-state index >= 15 is 0 Å². The first kappa shape index (κ1) is 18.9. The van der Waals surface area contributed by atoms with Gasteiger partial charge in [0.1, 0.15) is 0 Å². The van der Waals surface area contributed by atoms with Crippen LogP contribution < -0.4 is 11.0 Å². The zero-order valence-electron chi connectivity index (χ0n) is 15.1. The summed E-state index contributed by atoms with van der Waals surface area (Å²) >= 11 is 0. The Hall–Kier alpha value is -3.88. The van der Waals surface area contributed by atoms with E-state index in [2.05, 4.69) is 25.5 Å². The van der Waals surface area contributed by atoms with Crippen molar-refractivity contribution in [3.05, 3.63) is 58.5 Å². The highest BCUT2D eigenvalue weighted by Gasteiger charge is 2.23. The number of fused-ring (bicyclic) bond motifs is 1. The van der Waals surface area contributed by atoms with Crippen molar-refractivity contribution in [2.24, 2.45) is 10.2 Å². The van der Waals surface area contributed by atoms with Crippen LogP contribution in [0.15, 0.2) is 57.5 Å². The van der Waals surface area contributed by atoms with E-state index in [9.17, 15) is 19.2 Å². The highest BCUT2D eigenvalue weighted by Crippen LogP contribution is 2.21. The van der Waals surface area contributed by atoms with Crippen LogP contribution in [0, 0.1) is 0 Å². The zero-order valence-corrected chi connectivity index (χ0v) is 15.1. The molecule has 0 aliphatic carbocycles. The molecule has 0 aliphatic rings. The smallest absolute Gasteiger partial charge is 0.323 e. The molecule has 9 nitrogen and oxygen atoms in total. The molecule has 0 radical (unpaired) electrons. The van der Waals surface area contributed by atoms with E-state index in [4.69, 9.17) is 0 Å². The Balaban J connectivity index is 1.83. The van der Waals surface area contributed by atoms with Crippen LogP contribution in [0.2, 0.25) is 0 Å². The topological polar surface area (TPSA) is 137 Å². The van der Waals surface area contributed by atoms with E-state index in [1.807, 2.05) is 0 Å². The van der Waals surface area contributed by atoms with Gasteiger partial charge in [0.2, 0.25) is 6.04 Å². The molecule has 1 unspecified atom stereocenters. The van der Waals surface area contributed by atoms with Gasteiger partial charge in [0.15, 0.2) is 11.6 Å². The third-order valence-electron chi connectivity index (χ3n) is 3.98. The quantitative estimate of drug-likeness (QED) is 0.344. The summed E-state index contributed by atoms with van der Waals surface area (Å²) in [6.07, 6.45) is 0. The van der Waals surface area contributed by atoms with Crippen LogP contribution in [0.1, 0.15) is 24.2 Å². The maximum absolute atomic E-state index is 12.5. The summed E-state index contributed by atoms with van der Waals surface area (Å²) in [5, 5.41) is 10.4. The van der Waals surface area contributed by atoms with Crippen molar-refractivity contribution < 1.29 is 14.4 Å². The Morgan fingerprint density at radius 2 is 1.71 bits per heavy atom. The summed E-state index contributed by atoms with van der Waals surface area (Å²) in [4.78, 5) is 52.6. The lowest BCUT2D eigenvalue weighted by atomic mass is 10.1. The van der Waals surface area contributed by atoms with Gasteiger partial charge in [-0.1, -0.05) is 12.1 Å². The predicted octanol–water partition coefficient (Wildman–Crippen LogP) is 2.74. The number of carbonyl (C=O) groups excluding carboxylic acids is 3. The second-order valence-electron chi connectivity index (χ2n) is 6.13. The number of nitrogens with zero attached hydrogens (tertiary/aromatic N) is 2. The number of benzene rings is 2. The number of hydrogen-bond acceptors (Lipinski definition) is 6. The van der Waals surface area contributed by atoms with Crippen LogP contribution >= 0.6 is 0 Å². The molecule has 1 aromatic heterocycles. The van der Waals surface area contributed by atoms with Gasteiger partial charge in [-0.15, -0.1) is 0 Å². The number of amides is 1. The van der Waals surface area contributed by atoms with E-state index in [1.54, 1.807) is 42.5 Å². The van der Waals surface area contributed by atoms with E-state index in [1.165, 1.54) is 13.8 Å². The fourth-order valence-corrected chi connectivity index (χ4v) is 2.62. The number of imidazole rings is 1. The molecule has 1 heterocycles. The lowest BCUT2D eigenvalue weighted by Gasteiger charge is -2.09. The summed E-state index contributed by atoms with van der Waals surface area (Å²) in [6, 6.07) is 9.92. The van der Waals surface area contributed by atoms with E-state index in [-0.39, 0.29) is 17.2 Å². The number of aromatic amines is 2. The molecule has 3 aromatic rings. The number of carbonyl (C=O) groups is 3. The summed E-state index contributed by atoms with van der Waals surface area (Å²) in [6.45, 7) is 2.62. The van der Waals surface area contributed by atoms with Gasteiger partial charge in [0.25, 0.3) is 5.91 Å². The van der Waals surface area contributed by atoms with Crippen LogP contribution in [0.25, 0.3) is 11.0 Å². The number of anilines is 1. The van der Waals surface area contributed by atoms with Crippen molar-refractivity contribution in [1.29, 1.82) is 0 Å². The molecule has 0 saturated heterocycles. The molecule has 0 aliphatic heterocycles. The van der Waals surface area contributed by atoms with Gasteiger partial charge in [0, 0.05) is 11.3 Å². The minimum atomic E-state index is -1.37. The Bertz CT molecular complexity index is 1160. The maximum Gasteiger partial charge on any atom is 0.323 e. The molecule has 142 valence electrons. The summed E-state index contributed by atoms with van der Waals surface area (Å²) in [5.41, 5.74) is 1.75. The molecular weight excluding hydrogens is 362 g/mol. The maximum atomic E-state index is 12.5. The molecule has 3 rings (SSSR count). The predicted molar refractivity (Wildman–Crippen MR) is 103 cm³/mol. The lowest BCUT2D eigenvalue weighted by molar-refractivity contribution is -0.126. The number of ketones is 2. The molecule has 3 N–H and O–H groups in total. The number of nitrogens with one attached hydrogen (secondary N) is 3. The molecule has 0 fully saturated rings. The van der Waals surface area contributed by atoms with Crippen LogP contribution in [-0.4, -0.2) is 33.5 Å². The van der Waals surface area contributed by atoms with Gasteiger partial charge in [-0.05, 0) is 44.2 Å². The standard InChI is InChI=1S/C19H17N5O4/c1-10(25)13-5-3-4-6-14(13)23-24-17(11(2)26)18(27)20-12-7-8-15-16(9-12)22-19(28)21-15/h3-9,17H,1-2H3,(H,20,27)(H2,21,22,28)/b24-23+. The molecule has 0 spiro atoms. The fourth-order valence-electron chi connectivity index (χ4n) is 2.62. The highest BCUT2D eigenvalue weighted by molar-refractivity contribution is 6.10. The number of azo groups is 1. The van der Waals surface area contributed by atoms with Crippen LogP contribution in [-0.2, 0) is 9.59 Å². The first-order chi connectivity index (χ1) is 13.3. The zero-order chi connectivity index (χ0) is 20.3. The molecule has 0 saturated carbocycles. The average molecular weight is 379 g/mol. The average Bonchev–Trinajstić information content (AvgIpc) is 3.01. The van der Waals surface area contributed by atoms with Crippen molar-refractivity contribution in [2.75, 3.05) is 5.32 Å². The first-order valence-electron chi connectivity index (χ1n) is 8.39. The Labute approximate surface area is 158 Å². The van der Waals surface area contributed by atoms with Gasteiger partial charge in [0.05, 0.1) is 16.7 Å². The summed E-state index contributed by atoms with van der Waals surface area (Å²) in [5.74, 6) is -1.38. The lowest BCUT2D eigenvalue weighted by Crippen LogP contribution is -2.31. The highest BCUT2D eigenvalue weighted by atomic mass is 16.2. The SMILES string of the molecule is CC(=O)c1ccccc1/N=N/C(C(C)=O)C(=O)Nc1ccc2[nH]c(=O)[nH]c2c1. The van der Waals surface area contributed by atoms with Gasteiger partial charge >= 0.3 is 5.69 Å². The van der Waals surface area contributed by atoms with E-state index in [0.29, 0.717) is 22.3 Å². The molecule has 9 heteroatoms. The number of H-pyrrole nitrogens is 2. The number of rotatable bonds is 6. The summed E-state index contributed by atoms with van der Waals surface area (Å²) in [7, 11) is 0. The Morgan fingerprint density at radius 3 is 2.43 bits per heavy atom. The second-order valence-corrected chi connectivity index (χ2v) is 6.13. The molecule has 2 aromatic carbocycles. The molecule has 28 heavy (non-hydrogen) atoms. The van der Waals surface area contributed by atoms with Gasteiger partial charge in [-0.25, -0.2) is 4.79 Å². The van der Waals surface area contributed by atoms with Crippen molar-refractivity contribution in [3.8, 4) is 0 Å². The molecular formula is C19H17N5O4. The third kappa shape index (κ3) is 4.09. The Kier molecular flexibility index (Phi) is 5.25. The van der Waals surface area contributed by atoms with Crippen LogP contribution in [0.4, 0.5) is 11.4 Å². The van der Waals surface area contributed by atoms with Gasteiger partial charge in [-0.3, -0.25) is 14.4 Å². The monoisotopic (exact) mass is 379 g/mol. The fraction of sp³-hybridized carbons (Fsp3) is 0.158. The van der Waals surface area contributed by atoms with Crippen LogP contribution in [0.5, 0.6) is 0 Å². The van der Waals surface area contributed by atoms with Gasteiger partial charge in [-0.2, -0.15) is 10.2 Å². The largest absolute Gasteiger partial charge is 0.324 e. The van der Waals surface area contributed by atoms with Crippen molar-refractivity contribution in [2.45, 2.75) is 19.9 Å². The second kappa shape index (κ2) is 7.78. The number of Topliss-reactive ketones (excluding diaryl/α,β-unsaturated/α-hetero) is 2. The minimum absolute atomic E-state index is 0.202. The number of aromatic nitrogens is 2. The van der Waals surface area contributed by atoms with Crippen molar-refractivity contribution in [1.82, 2.24) is 9.97 Å². The first-order valence-corrected chi connectivity index (χ1v) is 8.39. The summed E-state index contributed by atoms with van der Waals surface area (Å²) < 4.78 is 0. The van der Waals surface area contributed by atoms with E-state index in [0.717, 1.165) is 0 Å². The number of hydrogen-bond donors (Lipinski definition) is 3. The van der Waals surface area contributed by atoms with E-state index < -0.39 is 17.7 Å². The minimum Gasteiger partial charge on any atom is -0.324 e. The van der Waals surface area contributed by atoms with Crippen molar-refractivity contribution in [3.63, 3.8) is 0 Å². The normalized spacial score (nSPS) is 12.2. The van der Waals surface area contributed by atoms with Gasteiger partial charge < -0.3 is 15.3 Å². The molecule has 1 atom stereocenters. The molecule has 1 amide bonds. The van der Waals surface area contributed by atoms with Crippen molar-refractivity contribution >= 4 is 39.9 Å². The van der Waals surface area contributed by atoms with Crippen LogP contribution in [0.3, 0.4) is 0 Å². The molecule has 0 bridgehead atoms. The third-order valence-corrected chi connectivity index (χ3v) is 3.98. The Morgan fingerprint density at radius 1 is 1.00 bits per heavy atom.